The van der Waals surface area contributed by atoms with Crippen molar-refractivity contribution in [3.8, 4) is 0 Å². The lowest BCUT2D eigenvalue weighted by Crippen LogP contribution is -2.65. The van der Waals surface area contributed by atoms with E-state index in [0.29, 0.717) is 18.6 Å². The molecule has 1 aliphatic carbocycles. The van der Waals surface area contributed by atoms with E-state index >= 15 is 0 Å². The lowest BCUT2D eigenvalue weighted by molar-refractivity contribution is -0.225. The Balaban J connectivity index is 2.03. The van der Waals surface area contributed by atoms with Crippen LogP contribution in [-0.2, 0) is 14.2 Å². The third kappa shape index (κ3) is 6.33. The number of hydrogen-bond donors (Lipinski definition) is 9. The molecule has 13 N–H and O–H groups in total. The molecule has 0 bridgehead atoms. The van der Waals surface area contributed by atoms with Gasteiger partial charge < -0.3 is 62.9 Å². The monoisotopic (exact) mass is 449 g/mol. The quantitative estimate of drug-likeness (QED) is 0.155. The molecule has 1 saturated carbocycles. The fourth-order valence-corrected chi connectivity index (χ4v) is 4.08. The average Bonchev–Trinajstić information content (AvgIpc) is 2.72. The first-order valence-corrected chi connectivity index (χ1v) is 10.5. The number of rotatable bonds is 10. The van der Waals surface area contributed by atoms with E-state index in [-0.39, 0.29) is 13.2 Å². The number of aliphatic hydroxyl groups excluding tert-OH is 3. The molecule has 182 valence electrons. The maximum atomic E-state index is 10.9. The summed E-state index contributed by atoms with van der Waals surface area (Å²) < 4.78 is 17.3. The predicted octanol–water partition coefficient (Wildman–Crippen LogP) is -4.22. The van der Waals surface area contributed by atoms with Gasteiger partial charge in [0, 0.05) is 12.1 Å². The van der Waals surface area contributed by atoms with E-state index in [1.54, 1.807) is 13.1 Å². The highest BCUT2D eigenvalue weighted by molar-refractivity contribution is 5.04. The molecule has 31 heavy (non-hydrogen) atoms. The van der Waals surface area contributed by atoms with Crippen molar-refractivity contribution in [1.82, 2.24) is 5.32 Å². The first kappa shape index (κ1) is 26.4. The van der Waals surface area contributed by atoms with Crippen LogP contribution in [0.4, 0.5) is 0 Å². The Morgan fingerprint density at radius 3 is 2.48 bits per heavy atom. The predicted molar refractivity (Wildman–Crippen MR) is 112 cm³/mol. The van der Waals surface area contributed by atoms with Crippen LogP contribution >= 0.6 is 0 Å². The normalized spacial score (nSPS) is 38.0. The van der Waals surface area contributed by atoms with Gasteiger partial charge in [-0.1, -0.05) is 0 Å². The van der Waals surface area contributed by atoms with Crippen molar-refractivity contribution < 1.29 is 34.6 Å². The fourth-order valence-electron chi connectivity index (χ4n) is 4.08. The number of nitrogens with two attached hydrogens (primary N) is 4. The molecule has 1 heterocycles. The first-order valence-electron chi connectivity index (χ1n) is 10.5. The van der Waals surface area contributed by atoms with Crippen LogP contribution < -0.4 is 28.3 Å². The van der Waals surface area contributed by atoms with Crippen LogP contribution in [0.2, 0.25) is 0 Å². The molecule has 0 spiro atoms. The molecule has 2 aliphatic rings. The van der Waals surface area contributed by atoms with Crippen molar-refractivity contribution in [2.24, 2.45) is 22.9 Å². The second-order valence-electron chi connectivity index (χ2n) is 8.56. The third-order valence-corrected chi connectivity index (χ3v) is 5.93. The van der Waals surface area contributed by atoms with Crippen molar-refractivity contribution in [3.63, 3.8) is 0 Å². The van der Waals surface area contributed by atoms with E-state index in [0.717, 1.165) is 0 Å². The highest BCUT2D eigenvalue weighted by atomic mass is 16.7. The summed E-state index contributed by atoms with van der Waals surface area (Å²) in [6, 6.07) is -2.52. The van der Waals surface area contributed by atoms with Crippen LogP contribution in [0.1, 0.15) is 19.8 Å². The zero-order valence-electron chi connectivity index (χ0n) is 18.1. The van der Waals surface area contributed by atoms with E-state index in [9.17, 15) is 20.4 Å². The van der Waals surface area contributed by atoms with Gasteiger partial charge in [-0.2, -0.15) is 0 Å². The summed E-state index contributed by atoms with van der Waals surface area (Å²) in [7, 11) is 1.54. The standard InChI is InChI=1S/C19H39N5O7/c1-19(28,8-25)17(24-2)13(26)7-29-15-11(22)5-12(23)16(14(15)27)31-18-10(21)4-3-9(6-20)30-18/h3,10-18,24-28H,4-8,20-23H2,1-2H3/t10-,11-,12+,13+,14-,15+,16-,17-,18-,19+/m1/s1. The van der Waals surface area contributed by atoms with Gasteiger partial charge in [-0.15, -0.1) is 0 Å². The Morgan fingerprint density at radius 1 is 1.26 bits per heavy atom. The van der Waals surface area contributed by atoms with E-state index in [1.165, 1.54) is 6.92 Å². The van der Waals surface area contributed by atoms with Gasteiger partial charge in [-0.25, -0.2) is 0 Å². The maximum Gasteiger partial charge on any atom is 0.215 e. The van der Waals surface area contributed by atoms with Gasteiger partial charge in [-0.3, -0.25) is 0 Å². The second kappa shape index (κ2) is 11.3. The molecular formula is C19H39N5O7. The van der Waals surface area contributed by atoms with Crippen molar-refractivity contribution in [2.45, 2.75) is 80.2 Å². The SMILES string of the molecule is CN[C@H]([C@@H](O)CO[C@@H]1[C@@H](O)[C@H](O[C@H]2OC(CN)=CC[C@H]2N)[C@@H](N)C[C@H]1N)[C@@](C)(O)CO. The van der Waals surface area contributed by atoms with E-state index < -0.39 is 67.1 Å². The molecule has 0 radical (unpaired) electrons. The summed E-state index contributed by atoms with van der Waals surface area (Å²) in [5.41, 5.74) is 22.4. The zero-order valence-corrected chi connectivity index (χ0v) is 18.1. The number of ether oxygens (including phenoxy) is 3. The average molecular weight is 450 g/mol. The number of aliphatic hydroxyl groups is 4. The molecule has 12 heteroatoms. The minimum atomic E-state index is -1.58. The number of hydrogen-bond acceptors (Lipinski definition) is 12. The summed E-state index contributed by atoms with van der Waals surface area (Å²) in [5.74, 6) is 0.548. The Kier molecular flexibility index (Phi) is 9.60. The van der Waals surface area contributed by atoms with Gasteiger partial charge in [0.25, 0.3) is 0 Å². The van der Waals surface area contributed by atoms with E-state index in [4.69, 9.17) is 37.1 Å². The van der Waals surface area contributed by atoms with Gasteiger partial charge in [0.2, 0.25) is 6.29 Å². The molecule has 0 unspecified atom stereocenters. The topological polar surface area (TPSA) is 225 Å². The molecule has 1 fully saturated rings. The second-order valence-corrected chi connectivity index (χ2v) is 8.56. The summed E-state index contributed by atoms with van der Waals surface area (Å²) in [4.78, 5) is 0. The lowest BCUT2D eigenvalue weighted by Gasteiger charge is -2.44. The number of nitrogens with one attached hydrogen (secondary N) is 1. The largest absolute Gasteiger partial charge is 0.467 e. The highest BCUT2D eigenvalue weighted by Crippen LogP contribution is 2.27. The molecule has 2 rings (SSSR count). The lowest BCUT2D eigenvalue weighted by atomic mass is 9.84. The molecule has 0 aromatic carbocycles. The third-order valence-electron chi connectivity index (χ3n) is 5.93. The first-order chi connectivity index (χ1) is 14.5. The van der Waals surface area contributed by atoms with Crippen LogP contribution in [0.5, 0.6) is 0 Å². The molecule has 0 amide bonds. The summed E-state index contributed by atoms with van der Waals surface area (Å²) in [5, 5.41) is 43.7. The molecule has 0 aromatic rings. The van der Waals surface area contributed by atoms with Gasteiger partial charge in [0.1, 0.15) is 29.7 Å². The molecule has 10 atom stereocenters. The van der Waals surface area contributed by atoms with Gasteiger partial charge >= 0.3 is 0 Å². The van der Waals surface area contributed by atoms with Gasteiger partial charge in [0.15, 0.2) is 0 Å². The summed E-state index contributed by atoms with van der Waals surface area (Å²) in [6.07, 6.45) is -2.37. The molecular weight excluding hydrogens is 410 g/mol. The minimum absolute atomic E-state index is 0.199. The van der Waals surface area contributed by atoms with E-state index in [2.05, 4.69) is 5.32 Å². The maximum absolute atomic E-state index is 10.9. The summed E-state index contributed by atoms with van der Waals surface area (Å²) >= 11 is 0. The van der Waals surface area contributed by atoms with E-state index in [1.807, 2.05) is 0 Å². The fraction of sp³-hybridized carbons (Fsp3) is 0.895. The van der Waals surface area contributed by atoms with Gasteiger partial charge in [0.05, 0.1) is 37.9 Å². The molecule has 12 nitrogen and oxygen atoms in total. The van der Waals surface area contributed by atoms with Crippen molar-refractivity contribution in [1.29, 1.82) is 0 Å². The van der Waals surface area contributed by atoms with Crippen molar-refractivity contribution >= 4 is 0 Å². The van der Waals surface area contributed by atoms with Crippen LogP contribution in [0.15, 0.2) is 11.8 Å². The Labute approximate surface area is 182 Å². The highest BCUT2D eigenvalue weighted by Gasteiger charge is 2.46. The Bertz CT molecular complexity index is 596. The van der Waals surface area contributed by atoms with Crippen molar-refractivity contribution in [2.75, 3.05) is 26.8 Å². The minimum Gasteiger partial charge on any atom is -0.467 e. The smallest absolute Gasteiger partial charge is 0.215 e. The Hall–Kier alpha value is -0.900. The van der Waals surface area contributed by atoms with Gasteiger partial charge in [-0.05, 0) is 32.9 Å². The van der Waals surface area contributed by atoms with Crippen LogP contribution in [0.3, 0.4) is 0 Å². The number of likely N-dealkylation sites (N-methyl/N-ethyl adjacent to an activating group) is 1. The molecule has 0 aromatic heterocycles. The molecule has 0 saturated heterocycles. The zero-order chi connectivity index (χ0) is 23.3. The summed E-state index contributed by atoms with van der Waals surface area (Å²) in [6.45, 7) is 0.773. The Morgan fingerprint density at radius 2 is 1.90 bits per heavy atom. The van der Waals surface area contributed by atoms with Crippen LogP contribution in [-0.4, -0.2) is 108 Å². The van der Waals surface area contributed by atoms with Crippen molar-refractivity contribution in [3.05, 3.63) is 11.8 Å². The van der Waals surface area contributed by atoms with Crippen LogP contribution in [0.25, 0.3) is 0 Å². The molecule has 1 aliphatic heterocycles. The van der Waals surface area contributed by atoms with Crippen LogP contribution in [0, 0.1) is 0 Å².